The average Bonchev–Trinajstić information content (AvgIpc) is 2.00. The Morgan fingerprint density at radius 3 is 2.20 bits per heavy atom. The maximum Gasteiger partial charge on any atom is 0.227 e. The molecule has 2 amide bonds. The van der Waals surface area contributed by atoms with Gasteiger partial charge in [-0.05, 0) is 20.8 Å². The van der Waals surface area contributed by atoms with E-state index in [0.717, 1.165) is 0 Å². The number of carbonyl (C=O) groups is 3. The number of hydrogen-bond acceptors (Lipinski definition) is 3. The van der Waals surface area contributed by atoms with Gasteiger partial charge in [0.05, 0.1) is 6.42 Å². The highest BCUT2D eigenvalue weighted by atomic mass is 16.2. The van der Waals surface area contributed by atoms with Crippen LogP contribution in [-0.2, 0) is 14.4 Å². The molecule has 0 radical (unpaired) electrons. The van der Waals surface area contributed by atoms with Crippen LogP contribution in [-0.4, -0.2) is 30.2 Å². The molecule has 86 valence electrons. The van der Waals surface area contributed by atoms with Gasteiger partial charge in [0.25, 0.3) is 0 Å². The Morgan fingerprint density at radius 2 is 1.73 bits per heavy atom. The summed E-state index contributed by atoms with van der Waals surface area (Å²) in [5, 5.41) is 5.20. The molecule has 0 aliphatic rings. The van der Waals surface area contributed by atoms with Gasteiger partial charge in [-0.15, -0.1) is 0 Å². The molecule has 5 heteroatoms. The van der Waals surface area contributed by atoms with E-state index in [0.29, 0.717) is 0 Å². The molecule has 0 saturated heterocycles. The zero-order chi connectivity index (χ0) is 11.8. The predicted octanol–water partition coefficient (Wildman–Crippen LogP) is -0.00360. The van der Waals surface area contributed by atoms with E-state index in [2.05, 4.69) is 10.6 Å². The number of hydrogen-bond donors (Lipinski definition) is 2. The van der Waals surface area contributed by atoms with E-state index in [9.17, 15) is 14.4 Å². The van der Waals surface area contributed by atoms with Crippen LogP contribution in [0.15, 0.2) is 0 Å². The Morgan fingerprint density at radius 1 is 1.13 bits per heavy atom. The van der Waals surface area contributed by atoms with E-state index in [-0.39, 0.29) is 43.0 Å². The Kier molecular flexibility index (Phi) is 6.33. The van der Waals surface area contributed by atoms with Crippen molar-refractivity contribution in [1.29, 1.82) is 0 Å². The first-order valence-corrected chi connectivity index (χ1v) is 4.97. The zero-order valence-electron chi connectivity index (χ0n) is 9.42. The van der Waals surface area contributed by atoms with Crippen LogP contribution >= 0.6 is 0 Å². The lowest BCUT2D eigenvalue weighted by atomic mass is 10.3. The molecule has 5 nitrogen and oxygen atoms in total. The molecule has 0 heterocycles. The van der Waals surface area contributed by atoms with Crippen LogP contribution in [0.25, 0.3) is 0 Å². The number of Topliss-reactive ketones (excluding diaryl/α,β-unsaturated/α-hetero) is 1. The Balaban J connectivity index is 3.57. The summed E-state index contributed by atoms with van der Waals surface area (Å²) in [6.07, 6.45) is 0.119. The lowest BCUT2D eigenvalue weighted by Gasteiger charge is -2.08. The number of ketones is 1. The monoisotopic (exact) mass is 214 g/mol. The van der Waals surface area contributed by atoms with Gasteiger partial charge in [-0.3, -0.25) is 14.4 Å². The van der Waals surface area contributed by atoms with E-state index in [4.69, 9.17) is 0 Å². The van der Waals surface area contributed by atoms with Gasteiger partial charge < -0.3 is 10.6 Å². The van der Waals surface area contributed by atoms with E-state index in [1.165, 1.54) is 6.92 Å². The molecule has 0 aromatic heterocycles. The lowest BCUT2D eigenvalue weighted by Crippen LogP contribution is -2.34. The van der Waals surface area contributed by atoms with Gasteiger partial charge in [0.15, 0.2) is 0 Å². The van der Waals surface area contributed by atoms with Crippen molar-refractivity contribution >= 4 is 17.6 Å². The molecule has 0 aromatic carbocycles. The van der Waals surface area contributed by atoms with Crippen LogP contribution < -0.4 is 10.6 Å². The molecule has 2 N–H and O–H groups in total. The molecule has 0 unspecified atom stereocenters. The molecule has 15 heavy (non-hydrogen) atoms. The van der Waals surface area contributed by atoms with Gasteiger partial charge in [0.2, 0.25) is 11.8 Å². The minimum atomic E-state index is -0.333. The fourth-order valence-corrected chi connectivity index (χ4v) is 0.998. The Bertz CT molecular complexity index is 249. The van der Waals surface area contributed by atoms with E-state index in [1.54, 1.807) is 0 Å². The quantitative estimate of drug-likeness (QED) is 0.611. The third-order valence-electron chi connectivity index (χ3n) is 1.53. The summed E-state index contributed by atoms with van der Waals surface area (Å²) in [5.74, 6) is -0.618. The second-order valence-electron chi connectivity index (χ2n) is 3.70. The van der Waals surface area contributed by atoms with Crippen LogP contribution in [0, 0.1) is 0 Å². The third kappa shape index (κ3) is 8.93. The Hall–Kier alpha value is -1.39. The number of amides is 2. The summed E-state index contributed by atoms with van der Waals surface area (Å²) in [5.41, 5.74) is 0. The first-order chi connectivity index (χ1) is 6.91. The number of nitrogens with one attached hydrogen (secondary N) is 2. The molecule has 0 bridgehead atoms. The van der Waals surface area contributed by atoms with Crippen LogP contribution in [0.4, 0.5) is 0 Å². The summed E-state index contributed by atoms with van der Waals surface area (Å²) in [4.78, 5) is 32.7. The summed E-state index contributed by atoms with van der Waals surface area (Å²) >= 11 is 0. The first-order valence-electron chi connectivity index (χ1n) is 4.97. The minimum Gasteiger partial charge on any atom is -0.355 e. The average molecular weight is 214 g/mol. The van der Waals surface area contributed by atoms with Crippen LogP contribution in [0.1, 0.15) is 33.6 Å². The number of rotatable bonds is 6. The van der Waals surface area contributed by atoms with Crippen molar-refractivity contribution in [3.8, 4) is 0 Å². The lowest BCUT2D eigenvalue weighted by molar-refractivity contribution is -0.127. The minimum absolute atomic E-state index is 0.102. The summed E-state index contributed by atoms with van der Waals surface area (Å²) < 4.78 is 0. The third-order valence-corrected chi connectivity index (χ3v) is 1.53. The molecule has 0 aromatic rings. The van der Waals surface area contributed by atoms with E-state index < -0.39 is 0 Å². The maximum atomic E-state index is 11.1. The van der Waals surface area contributed by atoms with E-state index in [1.807, 2.05) is 13.8 Å². The largest absolute Gasteiger partial charge is 0.355 e. The summed E-state index contributed by atoms with van der Waals surface area (Å²) in [7, 11) is 0. The summed E-state index contributed by atoms with van der Waals surface area (Å²) in [6.45, 7) is 5.36. The van der Waals surface area contributed by atoms with Crippen LogP contribution in [0.2, 0.25) is 0 Å². The van der Waals surface area contributed by atoms with Gasteiger partial charge >= 0.3 is 0 Å². The van der Waals surface area contributed by atoms with Crippen molar-refractivity contribution in [2.45, 2.75) is 39.7 Å². The van der Waals surface area contributed by atoms with Crippen molar-refractivity contribution in [3.05, 3.63) is 0 Å². The SMILES string of the molecule is CC(=O)CC(=O)NCCC(=O)NC(C)C. The molecule has 0 saturated carbocycles. The highest BCUT2D eigenvalue weighted by Gasteiger charge is 2.06. The van der Waals surface area contributed by atoms with Gasteiger partial charge in [0, 0.05) is 19.0 Å². The van der Waals surface area contributed by atoms with Gasteiger partial charge in [-0.2, -0.15) is 0 Å². The zero-order valence-corrected chi connectivity index (χ0v) is 9.42. The maximum absolute atomic E-state index is 11.1. The second-order valence-corrected chi connectivity index (χ2v) is 3.70. The van der Waals surface area contributed by atoms with Gasteiger partial charge in [-0.1, -0.05) is 0 Å². The molecular formula is C10H18N2O3. The van der Waals surface area contributed by atoms with Crippen molar-refractivity contribution in [3.63, 3.8) is 0 Å². The normalized spacial score (nSPS) is 9.87. The second kappa shape index (κ2) is 6.98. The molecule has 0 rings (SSSR count). The van der Waals surface area contributed by atoms with Crippen molar-refractivity contribution in [2.24, 2.45) is 0 Å². The molecule has 0 aliphatic heterocycles. The number of carbonyl (C=O) groups excluding carboxylic acids is 3. The van der Waals surface area contributed by atoms with Crippen molar-refractivity contribution < 1.29 is 14.4 Å². The highest BCUT2D eigenvalue weighted by molar-refractivity contribution is 5.96. The smallest absolute Gasteiger partial charge is 0.227 e. The summed E-state index contributed by atoms with van der Waals surface area (Å²) in [6, 6.07) is 0.102. The molecular weight excluding hydrogens is 196 g/mol. The van der Waals surface area contributed by atoms with Crippen LogP contribution in [0.5, 0.6) is 0 Å². The van der Waals surface area contributed by atoms with Gasteiger partial charge in [0.1, 0.15) is 5.78 Å². The van der Waals surface area contributed by atoms with E-state index >= 15 is 0 Å². The molecule has 0 fully saturated rings. The standard InChI is InChI=1S/C10H18N2O3/c1-7(2)12-9(14)4-5-11-10(15)6-8(3)13/h7H,4-6H2,1-3H3,(H,11,15)(H,12,14). The van der Waals surface area contributed by atoms with Gasteiger partial charge in [-0.25, -0.2) is 0 Å². The molecule has 0 spiro atoms. The fourth-order valence-electron chi connectivity index (χ4n) is 0.998. The van der Waals surface area contributed by atoms with Crippen molar-refractivity contribution in [1.82, 2.24) is 10.6 Å². The predicted molar refractivity (Wildman–Crippen MR) is 56.2 cm³/mol. The van der Waals surface area contributed by atoms with Crippen molar-refractivity contribution in [2.75, 3.05) is 6.54 Å². The Labute approximate surface area is 89.6 Å². The van der Waals surface area contributed by atoms with Crippen LogP contribution in [0.3, 0.4) is 0 Å². The topological polar surface area (TPSA) is 75.3 Å². The fraction of sp³-hybridized carbons (Fsp3) is 0.700. The molecule has 0 aliphatic carbocycles. The first kappa shape index (κ1) is 13.6. The molecule has 0 atom stereocenters. The highest BCUT2D eigenvalue weighted by Crippen LogP contribution is 1.85.